The zero-order chi connectivity index (χ0) is 15.7. The zero-order valence-electron chi connectivity index (χ0n) is 12.9. The van der Waals surface area contributed by atoms with Crippen molar-refractivity contribution >= 4 is 16.8 Å². The minimum Gasteiger partial charge on any atom is -0.335 e. The predicted molar refractivity (Wildman–Crippen MR) is 83.4 cm³/mol. The van der Waals surface area contributed by atoms with Crippen LogP contribution in [-0.2, 0) is 11.3 Å². The number of hydrogen-bond acceptors (Lipinski definition) is 4. The fourth-order valence-electron chi connectivity index (χ4n) is 3.26. The number of benzene rings is 1. The van der Waals surface area contributed by atoms with Gasteiger partial charge in [0.05, 0.1) is 5.39 Å². The molecular formula is C16H20N4O2. The molecule has 2 atom stereocenters. The molecule has 1 fully saturated rings. The van der Waals surface area contributed by atoms with Crippen LogP contribution in [0.3, 0.4) is 0 Å². The molecule has 0 radical (unpaired) electrons. The van der Waals surface area contributed by atoms with E-state index in [-0.39, 0.29) is 30.1 Å². The normalized spacial score (nSPS) is 21.5. The lowest BCUT2D eigenvalue weighted by molar-refractivity contribution is -0.134. The molecule has 0 unspecified atom stereocenters. The number of nitrogens with zero attached hydrogens (tertiary/aromatic N) is 4. The number of likely N-dealkylation sites (tertiary alicyclic amines) is 1. The smallest absolute Gasteiger partial charge is 0.278 e. The molecule has 0 N–H and O–H groups in total. The van der Waals surface area contributed by atoms with Crippen molar-refractivity contribution in [2.45, 2.75) is 51.7 Å². The van der Waals surface area contributed by atoms with E-state index in [1.54, 1.807) is 18.2 Å². The van der Waals surface area contributed by atoms with Crippen LogP contribution in [0.25, 0.3) is 10.9 Å². The van der Waals surface area contributed by atoms with E-state index in [2.05, 4.69) is 24.2 Å². The second kappa shape index (κ2) is 5.87. The molecule has 1 aliphatic heterocycles. The summed E-state index contributed by atoms with van der Waals surface area (Å²) in [6.45, 7) is 4.10. The first kappa shape index (κ1) is 14.7. The summed E-state index contributed by atoms with van der Waals surface area (Å²) in [4.78, 5) is 26.9. The summed E-state index contributed by atoms with van der Waals surface area (Å²) in [6, 6.07) is 7.54. The van der Waals surface area contributed by atoms with Gasteiger partial charge in [-0.2, -0.15) is 0 Å². The topological polar surface area (TPSA) is 68.1 Å². The van der Waals surface area contributed by atoms with E-state index < -0.39 is 0 Å². The maximum atomic E-state index is 12.6. The van der Waals surface area contributed by atoms with Gasteiger partial charge in [-0.15, -0.1) is 5.10 Å². The third-order valence-corrected chi connectivity index (χ3v) is 4.46. The number of amides is 1. The molecule has 6 heteroatoms. The molecule has 0 aliphatic carbocycles. The van der Waals surface area contributed by atoms with Crippen LogP contribution >= 0.6 is 0 Å². The van der Waals surface area contributed by atoms with Gasteiger partial charge in [0.15, 0.2) is 0 Å². The first-order chi connectivity index (χ1) is 10.6. The maximum Gasteiger partial charge on any atom is 0.278 e. The average Bonchev–Trinajstić information content (AvgIpc) is 2.91. The molecule has 0 spiro atoms. The SMILES string of the molecule is CC[C@H]1CC[C@H](C)N1C(=O)Cn1nnc2ccccc2c1=O. The third-order valence-electron chi connectivity index (χ3n) is 4.46. The monoisotopic (exact) mass is 300 g/mol. The summed E-state index contributed by atoms with van der Waals surface area (Å²) in [7, 11) is 0. The Kier molecular flexibility index (Phi) is 3.92. The van der Waals surface area contributed by atoms with E-state index in [1.807, 2.05) is 11.0 Å². The molecule has 2 heterocycles. The molecule has 0 bridgehead atoms. The molecule has 1 aliphatic rings. The van der Waals surface area contributed by atoms with Crippen LogP contribution in [-0.4, -0.2) is 37.9 Å². The third kappa shape index (κ3) is 2.49. The van der Waals surface area contributed by atoms with Crippen LogP contribution in [0.15, 0.2) is 29.1 Å². The van der Waals surface area contributed by atoms with Gasteiger partial charge < -0.3 is 4.90 Å². The van der Waals surface area contributed by atoms with Gasteiger partial charge in [-0.1, -0.05) is 24.3 Å². The van der Waals surface area contributed by atoms with Crippen molar-refractivity contribution < 1.29 is 4.79 Å². The van der Waals surface area contributed by atoms with E-state index >= 15 is 0 Å². The van der Waals surface area contributed by atoms with Crippen molar-refractivity contribution in [3.63, 3.8) is 0 Å². The minimum atomic E-state index is -0.265. The Morgan fingerprint density at radius 1 is 1.32 bits per heavy atom. The molecular weight excluding hydrogens is 280 g/mol. The Morgan fingerprint density at radius 3 is 2.86 bits per heavy atom. The molecule has 22 heavy (non-hydrogen) atoms. The number of carbonyl (C=O) groups excluding carboxylic acids is 1. The molecule has 1 aromatic carbocycles. The van der Waals surface area contributed by atoms with Crippen molar-refractivity contribution in [2.75, 3.05) is 0 Å². The van der Waals surface area contributed by atoms with Crippen molar-refractivity contribution in [2.24, 2.45) is 0 Å². The Hall–Kier alpha value is -2.24. The van der Waals surface area contributed by atoms with Gasteiger partial charge in [0.2, 0.25) is 5.91 Å². The van der Waals surface area contributed by atoms with Crippen molar-refractivity contribution in [3.8, 4) is 0 Å². The van der Waals surface area contributed by atoms with Gasteiger partial charge in [-0.25, -0.2) is 4.68 Å². The highest BCUT2D eigenvalue weighted by Crippen LogP contribution is 2.26. The lowest BCUT2D eigenvalue weighted by atomic mass is 10.1. The minimum absolute atomic E-state index is 0.0441. The summed E-state index contributed by atoms with van der Waals surface area (Å²) < 4.78 is 1.17. The predicted octanol–water partition coefficient (Wildman–Crippen LogP) is 1.58. The second-order valence-corrected chi connectivity index (χ2v) is 5.86. The number of hydrogen-bond donors (Lipinski definition) is 0. The van der Waals surface area contributed by atoms with Crippen LogP contribution in [0, 0.1) is 0 Å². The van der Waals surface area contributed by atoms with E-state index in [0.29, 0.717) is 10.9 Å². The first-order valence-electron chi connectivity index (χ1n) is 7.75. The van der Waals surface area contributed by atoms with Gasteiger partial charge in [0, 0.05) is 12.1 Å². The van der Waals surface area contributed by atoms with Gasteiger partial charge in [0.1, 0.15) is 12.1 Å². The summed E-state index contributed by atoms with van der Waals surface area (Å²) in [5.74, 6) is -0.0523. The quantitative estimate of drug-likeness (QED) is 0.863. The Bertz CT molecular complexity index is 755. The Balaban J connectivity index is 1.88. The highest BCUT2D eigenvalue weighted by atomic mass is 16.2. The molecule has 2 aromatic rings. The van der Waals surface area contributed by atoms with Crippen LogP contribution < -0.4 is 5.56 Å². The van der Waals surface area contributed by atoms with Gasteiger partial charge >= 0.3 is 0 Å². The molecule has 1 saturated heterocycles. The van der Waals surface area contributed by atoms with Crippen LogP contribution in [0.1, 0.15) is 33.1 Å². The molecule has 0 saturated carbocycles. The lowest BCUT2D eigenvalue weighted by Crippen LogP contribution is -2.43. The molecule has 1 aromatic heterocycles. The number of aromatic nitrogens is 3. The molecule has 1 amide bonds. The Labute approximate surface area is 128 Å². The largest absolute Gasteiger partial charge is 0.335 e. The first-order valence-corrected chi connectivity index (χ1v) is 7.75. The van der Waals surface area contributed by atoms with Crippen LogP contribution in [0.2, 0.25) is 0 Å². The molecule has 6 nitrogen and oxygen atoms in total. The number of fused-ring (bicyclic) bond motifs is 1. The van der Waals surface area contributed by atoms with Gasteiger partial charge in [-0.05, 0) is 38.3 Å². The van der Waals surface area contributed by atoms with E-state index in [0.717, 1.165) is 19.3 Å². The summed E-state index contributed by atoms with van der Waals surface area (Å²) >= 11 is 0. The average molecular weight is 300 g/mol. The van der Waals surface area contributed by atoms with Crippen molar-refractivity contribution in [1.29, 1.82) is 0 Å². The fraction of sp³-hybridized carbons (Fsp3) is 0.500. The van der Waals surface area contributed by atoms with Gasteiger partial charge in [-0.3, -0.25) is 9.59 Å². The lowest BCUT2D eigenvalue weighted by Gasteiger charge is -2.28. The van der Waals surface area contributed by atoms with Crippen molar-refractivity contribution in [1.82, 2.24) is 19.9 Å². The summed E-state index contributed by atoms with van der Waals surface area (Å²) in [5.41, 5.74) is 0.288. The zero-order valence-corrected chi connectivity index (χ0v) is 12.9. The van der Waals surface area contributed by atoms with E-state index in [1.165, 1.54) is 4.68 Å². The van der Waals surface area contributed by atoms with Gasteiger partial charge in [0.25, 0.3) is 5.56 Å². The van der Waals surface area contributed by atoms with Crippen LogP contribution in [0.5, 0.6) is 0 Å². The Morgan fingerprint density at radius 2 is 2.09 bits per heavy atom. The highest BCUT2D eigenvalue weighted by molar-refractivity contribution is 5.79. The van der Waals surface area contributed by atoms with E-state index in [9.17, 15) is 9.59 Å². The summed E-state index contributed by atoms with van der Waals surface area (Å²) in [6.07, 6.45) is 2.98. The highest BCUT2D eigenvalue weighted by Gasteiger charge is 2.33. The van der Waals surface area contributed by atoms with Crippen molar-refractivity contribution in [3.05, 3.63) is 34.6 Å². The fourth-order valence-corrected chi connectivity index (χ4v) is 3.26. The molecule has 3 rings (SSSR count). The summed E-state index contributed by atoms with van der Waals surface area (Å²) in [5, 5.41) is 8.41. The van der Waals surface area contributed by atoms with E-state index in [4.69, 9.17) is 0 Å². The van der Waals surface area contributed by atoms with Crippen LogP contribution in [0.4, 0.5) is 0 Å². The second-order valence-electron chi connectivity index (χ2n) is 5.86. The molecule has 116 valence electrons. The number of rotatable bonds is 3. The standard InChI is InChI=1S/C16H20N4O2/c1-3-12-9-8-11(2)20(12)15(21)10-19-16(22)13-6-4-5-7-14(13)17-18-19/h4-7,11-12H,3,8-10H2,1-2H3/t11-,12-/m0/s1. The number of carbonyl (C=O) groups is 1. The maximum absolute atomic E-state index is 12.6.